The topological polar surface area (TPSA) is 49.8 Å². The first kappa shape index (κ1) is 11.4. The van der Waals surface area contributed by atoms with Gasteiger partial charge in [-0.1, -0.05) is 17.7 Å². The predicted molar refractivity (Wildman–Crippen MR) is 66.0 cm³/mol. The van der Waals surface area contributed by atoms with Crippen molar-refractivity contribution in [2.45, 2.75) is 0 Å². The molecule has 2 nitrogen and oxygen atoms in total. The zero-order valence-electron chi connectivity index (χ0n) is 8.74. The van der Waals surface area contributed by atoms with E-state index in [4.69, 9.17) is 22.6 Å². The molecule has 17 heavy (non-hydrogen) atoms. The highest BCUT2D eigenvalue weighted by atomic mass is 35.5. The Morgan fingerprint density at radius 1 is 1.12 bits per heavy atom. The Morgan fingerprint density at radius 3 is 2.47 bits per heavy atom. The third-order valence-electron chi connectivity index (χ3n) is 2.39. The molecular formula is C13H8ClFN2. The molecule has 0 bridgehead atoms. The molecule has 0 radical (unpaired) electrons. The summed E-state index contributed by atoms with van der Waals surface area (Å²) in [5, 5.41) is 9.44. The zero-order chi connectivity index (χ0) is 12.4. The number of halogens is 2. The van der Waals surface area contributed by atoms with Crippen LogP contribution in [-0.4, -0.2) is 0 Å². The number of nitrogen functional groups attached to an aromatic ring is 1. The molecule has 0 unspecified atom stereocenters. The maximum Gasteiger partial charge on any atom is 0.133 e. The van der Waals surface area contributed by atoms with Crippen LogP contribution in [0.1, 0.15) is 5.56 Å². The highest BCUT2D eigenvalue weighted by molar-refractivity contribution is 6.30. The van der Waals surface area contributed by atoms with E-state index in [1.54, 1.807) is 24.3 Å². The molecule has 0 spiro atoms. The van der Waals surface area contributed by atoms with Crippen LogP contribution in [0.3, 0.4) is 0 Å². The van der Waals surface area contributed by atoms with E-state index in [9.17, 15) is 4.39 Å². The highest BCUT2D eigenvalue weighted by Gasteiger charge is 2.10. The van der Waals surface area contributed by atoms with Crippen LogP contribution in [-0.2, 0) is 0 Å². The van der Waals surface area contributed by atoms with Gasteiger partial charge in [0.1, 0.15) is 5.82 Å². The molecule has 0 heterocycles. The summed E-state index contributed by atoms with van der Waals surface area (Å²) in [7, 11) is 0. The van der Waals surface area contributed by atoms with Crippen LogP contribution >= 0.6 is 11.6 Å². The summed E-state index contributed by atoms with van der Waals surface area (Å²) in [6, 6.07) is 11.1. The maximum absolute atomic E-state index is 13.7. The molecule has 0 fully saturated rings. The van der Waals surface area contributed by atoms with Crippen LogP contribution < -0.4 is 5.73 Å². The summed E-state index contributed by atoms with van der Waals surface area (Å²) in [6.45, 7) is 0. The Balaban J connectivity index is 2.65. The Bertz CT molecular complexity index is 617. The predicted octanol–water partition coefficient (Wildman–Crippen LogP) is 3.60. The normalized spacial score (nSPS) is 9.94. The van der Waals surface area contributed by atoms with Crippen LogP contribution in [0.15, 0.2) is 36.4 Å². The number of anilines is 1. The van der Waals surface area contributed by atoms with Gasteiger partial charge in [0, 0.05) is 21.8 Å². The summed E-state index contributed by atoms with van der Waals surface area (Å²) in [5.74, 6) is -0.455. The SMILES string of the molecule is N#Cc1cc(Cl)ccc1-c1ccc(N)cc1F. The van der Waals surface area contributed by atoms with Crippen molar-refractivity contribution < 1.29 is 4.39 Å². The number of benzene rings is 2. The van der Waals surface area contributed by atoms with Crippen LogP contribution in [0.25, 0.3) is 11.1 Å². The molecule has 0 atom stereocenters. The molecule has 0 aliphatic heterocycles. The molecular weight excluding hydrogens is 239 g/mol. The molecule has 2 aromatic carbocycles. The third kappa shape index (κ3) is 2.22. The number of rotatable bonds is 1. The second kappa shape index (κ2) is 4.44. The standard InChI is InChI=1S/C13H8ClFN2/c14-9-1-3-11(8(5-9)7-16)12-4-2-10(17)6-13(12)15/h1-6H,17H2. The summed E-state index contributed by atoms with van der Waals surface area (Å²) in [6.07, 6.45) is 0. The van der Waals surface area contributed by atoms with E-state index in [0.717, 1.165) is 0 Å². The largest absolute Gasteiger partial charge is 0.399 e. The number of nitrogens with zero attached hydrogens (tertiary/aromatic N) is 1. The molecule has 0 aromatic heterocycles. The zero-order valence-corrected chi connectivity index (χ0v) is 9.50. The minimum absolute atomic E-state index is 0.334. The summed E-state index contributed by atoms with van der Waals surface area (Å²) in [4.78, 5) is 0. The van der Waals surface area contributed by atoms with Gasteiger partial charge >= 0.3 is 0 Å². The van der Waals surface area contributed by atoms with Crippen molar-refractivity contribution in [2.24, 2.45) is 0 Å². The number of nitrogens with two attached hydrogens (primary N) is 1. The third-order valence-corrected chi connectivity index (χ3v) is 2.62. The molecule has 84 valence electrons. The lowest BCUT2D eigenvalue weighted by Crippen LogP contribution is -1.91. The van der Waals surface area contributed by atoms with E-state index in [1.165, 1.54) is 12.1 Å². The first-order chi connectivity index (χ1) is 8.11. The molecule has 0 saturated carbocycles. The second-order valence-electron chi connectivity index (χ2n) is 3.54. The van der Waals surface area contributed by atoms with E-state index in [-0.39, 0.29) is 0 Å². The van der Waals surface area contributed by atoms with Crippen LogP contribution in [0.4, 0.5) is 10.1 Å². The van der Waals surface area contributed by atoms with Gasteiger partial charge < -0.3 is 5.73 Å². The van der Waals surface area contributed by atoms with E-state index in [2.05, 4.69) is 0 Å². The van der Waals surface area contributed by atoms with Crippen molar-refractivity contribution in [3.05, 3.63) is 52.8 Å². The molecule has 4 heteroatoms. The quantitative estimate of drug-likeness (QED) is 0.782. The molecule has 2 aromatic rings. The fraction of sp³-hybridized carbons (Fsp3) is 0. The van der Waals surface area contributed by atoms with Crippen LogP contribution in [0.2, 0.25) is 5.02 Å². The van der Waals surface area contributed by atoms with Gasteiger partial charge in [0.05, 0.1) is 11.6 Å². The maximum atomic E-state index is 13.7. The highest BCUT2D eigenvalue weighted by Crippen LogP contribution is 2.29. The number of nitriles is 1. The average molecular weight is 247 g/mol. The summed E-state index contributed by atoms with van der Waals surface area (Å²) in [5.41, 5.74) is 7.00. The first-order valence-electron chi connectivity index (χ1n) is 4.87. The summed E-state index contributed by atoms with van der Waals surface area (Å²) >= 11 is 5.78. The number of hydrogen-bond donors (Lipinski definition) is 1. The second-order valence-corrected chi connectivity index (χ2v) is 3.98. The van der Waals surface area contributed by atoms with Gasteiger partial charge in [0.2, 0.25) is 0 Å². The van der Waals surface area contributed by atoms with Gasteiger partial charge in [0.15, 0.2) is 0 Å². The summed E-state index contributed by atoms with van der Waals surface area (Å²) < 4.78 is 13.7. The van der Waals surface area contributed by atoms with Gasteiger partial charge in [-0.3, -0.25) is 0 Å². The smallest absolute Gasteiger partial charge is 0.133 e. The van der Waals surface area contributed by atoms with Gasteiger partial charge in [-0.2, -0.15) is 5.26 Å². The van der Waals surface area contributed by atoms with E-state index in [0.29, 0.717) is 27.4 Å². The van der Waals surface area contributed by atoms with Gasteiger partial charge in [-0.05, 0) is 30.3 Å². The lowest BCUT2D eigenvalue weighted by molar-refractivity contribution is 0.632. The fourth-order valence-corrected chi connectivity index (χ4v) is 1.77. The van der Waals surface area contributed by atoms with Gasteiger partial charge in [-0.15, -0.1) is 0 Å². The van der Waals surface area contributed by atoms with Crippen LogP contribution in [0.5, 0.6) is 0 Å². The molecule has 2 rings (SSSR count). The van der Waals surface area contributed by atoms with Crippen molar-refractivity contribution in [3.63, 3.8) is 0 Å². The molecule has 0 aliphatic carbocycles. The first-order valence-corrected chi connectivity index (χ1v) is 5.24. The van der Waals surface area contributed by atoms with E-state index >= 15 is 0 Å². The Labute approximate surface area is 103 Å². The Kier molecular flexibility index (Phi) is 2.99. The van der Waals surface area contributed by atoms with Gasteiger partial charge in [-0.25, -0.2) is 4.39 Å². The van der Waals surface area contributed by atoms with Crippen LogP contribution in [0, 0.1) is 17.1 Å². The van der Waals surface area contributed by atoms with Crippen molar-refractivity contribution in [1.82, 2.24) is 0 Å². The van der Waals surface area contributed by atoms with E-state index < -0.39 is 5.82 Å². The minimum Gasteiger partial charge on any atom is -0.399 e. The minimum atomic E-state index is -0.455. The van der Waals surface area contributed by atoms with Gasteiger partial charge in [0.25, 0.3) is 0 Å². The molecule has 0 amide bonds. The molecule has 0 saturated heterocycles. The van der Waals surface area contributed by atoms with Crippen molar-refractivity contribution in [3.8, 4) is 17.2 Å². The van der Waals surface area contributed by atoms with Crippen molar-refractivity contribution >= 4 is 17.3 Å². The average Bonchev–Trinajstić information content (AvgIpc) is 2.30. The Hall–Kier alpha value is -2.05. The fourth-order valence-electron chi connectivity index (χ4n) is 1.59. The molecule has 0 aliphatic rings. The van der Waals surface area contributed by atoms with E-state index in [1.807, 2.05) is 6.07 Å². The monoisotopic (exact) mass is 246 g/mol. The van der Waals surface area contributed by atoms with Crippen molar-refractivity contribution in [2.75, 3.05) is 5.73 Å². The lowest BCUT2D eigenvalue weighted by Gasteiger charge is -2.06. The Morgan fingerprint density at radius 2 is 1.82 bits per heavy atom. The van der Waals surface area contributed by atoms with Crippen molar-refractivity contribution in [1.29, 1.82) is 5.26 Å². The number of hydrogen-bond acceptors (Lipinski definition) is 2. The lowest BCUT2D eigenvalue weighted by atomic mass is 10.00. The molecule has 2 N–H and O–H groups in total.